The van der Waals surface area contributed by atoms with Gasteiger partial charge in [-0.3, -0.25) is 4.90 Å². The Morgan fingerprint density at radius 3 is 2.64 bits per heavy atom. The van der Waals surface area contributed by atoms with Crippen molar-refractivity contribution in [2.45, 2.75) is 12.5 Å². The van der Waals surface area contributed by atoms with Crippen LogP contribution in [0.1, 0.15) is 6.92 Å². The van der Waals surface area contributed by atoms with Gasteiger partial charge in [0.15, 0.2) is 5.60 Å². The average molecular weight is 202 g/mol. The monoisotopic (exact) mass is 202 g/mol. The van der Waals surface area contributed by atoms with Crippen molar-refractivity contribution >= 4 is 5.97 Å². The molecule has 0 saturated carbocycles. The fourth-order valence-corrected chi connectivity index (χ4v) is 1.59. The van der Waals surface area contributed by atoms with Crippen LogP contribution in [0, 0.1) is 0 Å². The molecular formula is C9H18N2O3. The molecule has 1 rings (SSSR count). The predicted octanol–water partition coefficient (Wildman–Crippen LogP) is -1.18. The highest BCUT2D eigenvalue weighted by atomic mass is 16.5. The minimum Gasteiger partial charge on any atom is -0.467 e. The molecule has 0 amide bonds. The number of piperazine rings is 1. The SMILES string of the molecule is COC(=O)C(C)(O)CN1CCNCC1. The van der Waals surface area contributed by atoms with Gasteiger partial charge < -0.3 is 15.2 Å². The normalized spacial score (nSPS) is 22.8. The van der Waals surface area contributed by atoms with Crippen LogP contribution >= 0.6 is 0 Å². The summed E-state index contributed by atoms with van der Waals surface area (Å²) in [7, 11) is 1.29. The molecule has 5 nitrogen and oxygen atoms in total. The van der Waals surface area contributed by atoms with E-state index in [4.69, 9.17) is 0 Å². The van der Waals surface area contributed by atoms with Crippen LogP contribution in [0.2, 0.25) is 0 Å². The van der Waals surface area contributed by atoms with Crippen LogP contribution in [0.5, 0.6) is 0 Å². The summed E-state index contributed by atoms with van der Waals surface area (Å²) < 4.78 is 4.53. The summed E-state index contributed by atoms with van der Waals surface area (Å²) in [5.41, 5.74) is -1.40. The number of carbonyl (C=O) groups is 1. The van der Waals surface area contributed by atoms with Crippen molar-refractivity contribution in [1.82, 2.24) is 10.2 Å². The van der Waals surface area contributed by atoms with Crippen molar-refractivity contribution in [2.75, 3.05) is 39.8 Å². The van der Waals surface area contributed by atoms with Gasteiger partial charge in [0.2, 0.25) is 0 Å². The van der Waals surface area contributed by atoms with Gasteiger partial charge in [0, 0.05) is 32.7 Å². The van der Waals surface area contributed by atoms with Crippen LogP contribution in [0.3, 0.4) is 0 Å². The molecule has 5 heteroatoms. The number of ether oxygens (including phenoxy) is 1. The van der Waals surface area contributed by atoms with Crippen molar-refractivity contribution in [3.8, 4) is 0 Å². The number of rotatable bonds is 3. The number of nitrogens with one attached hydrogen (secondary N) is 1. The maximum atomic E-state index is 11.2. The van der Waals surface area contributed by atoms with Crippen molar-refractivity contribution in [2.24, 2.45) is 0 Å². The molecule has 1 fully saturated rings. The smallest absolute Gasteiger partial charge is 0.338 e. The maximum absolute atomic E-state index is 11.2. The Bertz CT molecular complexity index is 200. The summed E-state index contributed by atoms with van der Waals surface area (Å²) in [6.07, 6.45) is 0. The number of hydrogen-bond donors (Lipinski definition) is 2. The van der Waals surface area contributed by atoms with Gasteiger partial charge in [0.05, 0.1) is 7.11 Å². The fourth-order valence-electron chi connectivity index (χ4n) is 1.59. The molecule has 82 valence electrons. The summed E-state index contributed by atoms with van der Waals surface area (Å²) >= 11 is 0. The molecule has 1 aliphatic heterocycles. The molecule has 1 saturated heterocycles. The van der Waals surface area contributed by atoms with Gasteiger partial charge in [-0.1, -0.05) is 0 Å². The number of carbonyl (C=O) groups excluding carboxylic acids is 1. The lowest BCUT2D eigenvalue weighted by atomic mass is 10.1. The van der Waals surface area contributed by atoms with Crippen LogP contribution < -0.4 is 5.32 Å². The lowest BCUT2D eigenvalue weighted by Gasteiger charge is -2.32. The van der Waals surface area contributed by atoms with Crippen LogP contribution in [0.25, 0.3) is 0 Å². The van der Waals surface area contributed by atoms with Crippen LogP contribution in [0.4, 0.5) is 0 Å². The highest BCUT2D eigenvalue weighted by molar-refractivity contribution is 5.78. The van der Waals surface area contributed by atoms with E-state index in [2.05, 4.69) is 10.1 Å². The summed E-state index contributed by atoms with van der Waals surface area (Å²) in [5, 5.41) is 13.0. The molecule has 1 unspecified atom stereocenters. The van der Waals surface area contributed by atoms with Crippen LogP contribution in [0.15, 0.2) is 0 Å². The number of hydrogen-bond acceptors (Lipinski definition) is 5. The van der Waals surface area contributed by atoms with Gasteiger partial charge in [-0.2, -0.15) is 0 Å². The first-order valence-electron chi connectivity index (χ1n) is 4.80. The molecule has 1 atom stereocenters. The Labute approximate surface area is 84.0 Å². The highest BCUT2D eigenvalue weighted by Gasteiger charge is 2.33. The van der Waals surface area contributed by atoms with Gasteiger partial charge >= 0.3 is 5.97 Å². The number of methoxy groups -OCH3 is 1. The number of aliphatic hydroxyl groups is 1. The number of β-amino-alcohol motifs (C(OH)–C–C–N with tert-alkyl or cyclic N) is 1. The summed E-state index contributed by atoms with van der Waals surface area (Å²) in [5.74, 6) is -0.573. The molecule has 0 aliphatic carbocycles. The van der Waals surface area contributed by atoms with Gasteiger partial charge in [-0.05, 0) is 6.92 Å². The molecule has 0 aromatic heterocycles. The molecule has 14 heavy (non-hydrogen) atoms. The molecule has 2 N–H and O–H groups in total. The Balaban J connectivity index is 2.44. The second-order valence-electron chi connectivity index (χ2n) is 3.79. The summed E-state index contributed by atoms with van der Waals surface area (Å²) in [6.45, 7) is 5.33. The van der Waals surface area contributed by atoms with Crippen molar-refractivity contribution in [3.05, 3.63) is 0 Å². The van der Waals surface area contributed by atoms with E-state index >= 15 is 0 Å². The molecular weight excluding hydrogens is 184 g/mol. The second kappa shape index (κ2) is 4.72. The molecule has 0 spiro atoms. The second-order valence-corrected chi connectivity index (χ2v) is 3.79. The zero-order chi connectivity index (χ0) is 10.6. The third-order valence-corrected chi connectivity index (χ3v) is 2.37. The lowest BCUT2D eigenvalue weighted by Crippen LogP contribution is -2.52. The van der Waals surface area contributed by atoms with Crippen LogP contribution in [-0.4, -0.2) is 61.4 Å². The van der Waals surface area contributed by atoms with Crippen LogP contribution in [-0.2, 0) is 9.53 Å². The average Bonchev–Trinajstić information content (AvgIpc) is 2.17. The standard InChI is InChI=1S/C9H18N2O3/c1-9(13,8(12)14-2)7-11-5-3-10-4-6-11/h10,13H,3-7H2,1-2H3. The van der Waals surface area contributed by atoms with Gasteiger partial charge in [-0.25, -0.2) is 4.79 Å². The van der Waals surface area contributed by atoms with E-state index in [0.717, 1.165) is 26.2 Å². The lowest BCUT2D eigenvalue weighted by molar-refractivity contribution is -0.162. The molecule has 0 aromatic rings. The third kappa shape index (κ3) is 2.94. The minimum absolute atomic E-state index is 0.335. The van der Waals surface area contributed by atoms with Crippen molar-refractivity contribution in [3.63, 3.8) is 0 Å². The van der Waals surface area contributed by atoms with E-state index in [1.807, 2.05) is 4.90 Å². The van der Waals surface area contributed by atoms with E-state index in [1.54, 1.807) is 0 Å². The van der Waals surface area contributed by atoms with Gasteiger partial charge in [0.25, 0.3) is 0 Å². The first-order chi connectivity index (χ1) is 6.56. The molecule has 1 aliphatic rings. The minimum atomic E-state index is -1.40. The summed E-state index contributed by atoms with van der Waals surface area (Å²) in [6, 6.07) is 0. The fraction of sp³-hybridized carbons (Fsp3) is 0.889. The van der Waals surface area contributed by atoms with E-state index in [0.29, 0.717) is 6.54 Å². The van der Waals surface area contributed by atoms with E-state index in [-0.39, 0.29) is 0 Å². The largest absolute Gasteiger partial charge is 0.467 e. The Kier molecular flexibility index (Phi) is 3.86. The molecule has 0 radical (unpaired) electrons. The Morgan fingerprint density at radius 1 is 1.57 bits per heavy atom. The number of nitrogens with zero attached hydrogens (tertiary/aromatic N) is 1. The Hall–Kier alpha value is -0.650. The third-order valence-electron chi connectivity index (χ3n) is 2.37. The Morgan fingerprint density at radius 2 is 2.14 bits per heavy atom. The molecule has 0 aromatic carbocycles. The first kappa shape index (κ1) is 11.4. The van der Waals surface area contributed by atoms with Crippen molar-refractivity contribution in [1.29, 1.82) is 0 Å². The van der Waals surface area contributed by atoms with E-state index in [1.165, 1.54) is 14.0 Å². The topological polar surface area (TPSA) is 61.8 Å². The molecule has 1 heterocycles. The maximum Gasteiger partial charge on any atom is 0.338 e. The first-order valence-corrected chi connectivity index (χ1v) is 4.80. The van der Waals surface area contributed by atoms with E-state index < -0.39 is 11.6 Å². The van der Waals surface area contributed by atoms with E-state index in [9.17, 15) is 9.90 Å². The summed E-state index contributed by atoms with van der Waals surface area (Å²) in [4.78, 5) is 13.2. The number of esters is 1. The van der Waals surface area contributed by atoms with Crippen molar-refractivity contribution < 1.29 is 14.6 Å². The van der Waals surface area contributed by atoms with Gasteiger partial charge in [0.1, 0.15) is 0 Å². The van der Waals surface area contributed by atoms with Gasteiger partial charge in [-0.15, -0.1) is 0 Å². The highest BCUT2D eigenvalue weighted by Crippen LogP contribution is 2.09. The zero-order valence-electron chi connectivity index (χ0n) is 8.75. The predicted molar refractivity (Wildman–Crippen MR) is 51.9 cm³/mol. The molecule has 0 bridgehead atoms. The zero-order valence-corrected chi connectivity index (χ0v) is 8.75. The quantitative estimate of drug-likeness (QED) is 0.564.